The maximum Gasteiger partial charge on any atom is 0.193 e. The zero-order valence-electron chi connectivity index (χ0n) is 12.2. The van der Waals surface area contributed by atoms with Crippen molar-refractivity contribution >= 4 is 11.5 Å². The van der Waals surface area contributed by atoms with Crippen LogP contribution in [-0.2, 0) is 0 Å². The second kappa shape index (κ2) is 5.08. The van der Waals surface area contributed by atoms with Crippen molar-refractivity contribution in [2.24, 2.45) is 0 Å². The van der Waals surface area contributed by atoms with Crippen molar-refractivity contribution in [3.8, 4) is 0 Å². The monoisotopic (exact) mass is 271 g/mol. The van der Waals surface area contributed by atoms with E-state index in [2.05, 4.69) is 6.07 Å². The van der Waals surface area contributed by atoms with Crippen LogP contribution in [0.5, 0.6) is 0 Å². The molecule has 0 saturated heterocycles. The number of benzene rings is 2. The van der Waals surface area contributed by atoms with Crippen LogP contribution in [0.4, 0.5) is 10.1 Å². The van der Waals surface area contributed by atoms with Gasteiger partial charge in [-0.2, -0.15) is 0 Å². The topological polar surface area (TPSA) is 43.1 Å². The highest BCUT2D eigenvalue weighted by Crippen LogP contribution is 2.25. The first-order valence-corrected chi connectivity index (χ1v) is 6.49. The molecule has 0 spiro atoms. The number of hydrogen-bond acceptors (Lipinski definition) is 2. The predicted octanol–water partition coefficient (Wildman–Crippen LogP) is 3.87. The molecule has 0 aliphatic carbocycles. The highest BCUT2D eigenvalue weighted by molar-refractivity contribution is 6.11. The SMILES string of the molecule is Cc1cc(C)c(C)c(C(=O)c2cc(N)cc(F)c2)c1C. The molecule has 0 fully saturated rings. The van der Waals surface area contributed by atoms with Crippen molar-refractivity contribution in [1.82, 2.24) is 0 Å². The first-order chi connectivity index (χ1) is 9.31. The Hall–Kier alpha value is -2.16. The molecule has 0 bridgehead atoms. The molecular formula is C17H18FNO. The second-order valence-corrected chi connectivity index (χ2v) is 5.24. The number of ketones is 1. The number of nitrogen functional groups attached to an aromatic ring is 1. The summed E-state index contributed by atoms with van der Waals surface area (Å²) in [4.78, 5) is 12.7. The van der Waals surface area contributed by atoms with Crippen LogP contribution >= 0.6 is 0 Å². The summed E-state index contributed by atoms with van der Waals surface area (Å²) in [5.74, 6) is -0.675. The Morgan fingerprint density at radius 1 is 0.950 bits per heavy atom. The lowest BCUT2D eigenvalue weighted by Gasteiger charge is -2.14. The normalized spacial score (nSPS) is 10.7. The van der Waals surface area contributed by atoms with Crippen molar-refractivity contribution in [3.05, 3.63) is 63.5 Å². The molecular weight excluding hydrogens is 253 g/mol. The number of anilines is 1. The number of rotatable bonds is 2. The average Bonchev–Trinajstić information content (AvgIpc) is 2.35. The smallest absolute Gasteiger partial charge is 0.193 e. The van der Waals surface area contributed by atoms with E-state index in [0.29, 0.717) is 11.1 Å². The molecule has 2 aromatic carbocycles. The van der Waals surface area contributed by atoms with E-state index < -0.39 is 5.82 Å². The van der Waals surface area contributed by atoms with Crippen LogP contribution in [0.1, 0.15) is 38.2 Å². The fourth-order valence-electron chi connectivity index (χ4n) is 2.45. The van der Waals surface area contributed by atoms with Gasteiger partial charge in [-0.1, -0.05) is 6.07 Å². The number of aryl methyl sites for hydroxylation is 2. The molecule has 2 aromatic rings. The van der Waals surface area contributed by atoms with E-state index in [1.54, 1.807) is 0 Å². The summed E-state index contributed by atoms with van der Waals surface area (Å²) >= 11 is 0. The minimum atomic E-state index is -0.493. The number of carbonyl (C=O) groups is 1. The van der Waals surface area contributed by atoms with E-state index in [4.69, 9.17) is 5.73 Å². The molecule has 2 nitrogen and oxygen atoms in total. The highest BCUT2D eigenvalue weighted by atomic mass is 19.1. The molecule has 0 amide bonds. The van der Waals surface area contributed by atoms with Gasteiger partial charge in [-0.15, -0.1) is 0 Å². The lowest BCUT2D eigenvalue weighted by Crippen LogP contribution is -2.09. The maximum atomic E-state index is 13.4. The Labute approximate surface area is 118 Å². The number of nitrogens with two attached hydrogens (primary N) is 1. The molecule has 20 heavy (non-hydrogen) atoms. The summed E-state index contributed by atoms with van der Waals surface area (Å²) < 4.78 is 13.4. The standard InChI is InChI=1S/C17H18FNO/c1-9-5-10(2)12(4)16(11(9)3)17(20)13-6-14(18)8-15(19)7-13/h5-8H,19H2,1-4H3. The van der Waals surface area contributed by atoms with Crippen molar-refractivity contribution in [2.45, 2.75) is 27.7 Å². The molecule has 0 heterocycles. The van der Waals surface area contributed by atoms with Crippen LogP contribution in [0.3, 0.4) is 0 Å². The van der Waals surface area contributed by atoms with E-state index in [1.807, 2.05) is 27.7 Å². The minimum Gasteiger partial charge on any atom is -0.399 e. The molecule has 104 valence electrons. The van der Waals surface area contributed by atoms with Crippen molar-refractivity contribution in [1.29, 1.82) is 0 Å². The van der Waals surface area contributed by atoms with E-state index in [1.165, 1.54) is 18.2 Å². The first-order valence-electron chi connectivity index (χ1n) is 6.49. The molecule has 0 aliphatic rings. The number of carbonyl (C=O) groups excluding carboxylic acids is 1. The van der Waals surface area contributed by atoms with Gasteiger partial charge in [0.05, 0.1) is 0 Å². The summed E-state index contributed by atoms with van der Waals surface area (Å²) in [5, 5.41) is 0. The van der Waals surface area contributed by atoms with Crippen molar-refractivity contribution < 1.29 is 9.18 Å². The Balaban J connectivity index is 2.65. The molecule has 0 unspecified atom stereocenters. The van der Waals surface area contributed by atoms with Crippen LogP contribution in [-0.4, -0.2) is 5.78 Å². The Morgan fingerprint density at radius 3 is 2.00 bits per heavy atom. The van der Waals surface area contributed by atoms with Gasteiger partial charge >= 0.3 is 0 Å². The predicted molar refractivity (Wildman–Crippen MR) is 79.6 cm³/mol. The quantitative estimate of drug-likeness (QED) is 0.665. The number of hydrogen-bond donors (Lipinski definition) is 1. The lowest BCUT2D eigenvalue weighted by atomic mass is 9.89. The van der Waals surface area contributed by atoms with E-state index >= 15 is 0 Å². The molecule has 0 saturated carbocycles. The third-order valence-electron chi connectivity index (χ3n) is 3.78. The van der Waals surface area contributed by atoms with Crippen LogP contribution < -0.4 is 5.73 Å². The Kier molecular flexibility index (Phi) is 3.62. The van der Waals surface area contributed by atoms with Gasteiger partial charge in [-0.25, -0.2) is 4.39 Å². The molecule has 2 rings (SSSR count). The van der Waals surface area contributed by atoms with Gasteiger partial charge in [0, 0.05) is 16.8 Å². The van der Waals surface area contributed by atoms with Gasteiger partial charge < -0.3 is 5.73 Å². The molecule has 0 atom stereocenters. The van der Waals surface area contributed by atoms with Gasteiger partial charge in [0.1, 0.15) is 5.82 Å². The molecule has 2 N–H and O–H groups in total. The summed E-state index contributed by atoms with van der Waals surface area (Å²) in [6, 6.07) is 6.01. The van der Waals surface area contributed by atoms with E-state index in [9.17, 15) is 9.18 Å². The van der Waals surface area contributed by atoms with Gasteiger partial charge in [0.2, 0.25) is 0 Å². The second-order valence-electron chi connectivity index (χ2n) is 5.24. The minimum absolute atomic E-state index is 0.182. The molecule has 0 radical (unpaired) electrons. The van der Waals surface area contributed by atoms with Gasteiger partial charge in [0.25, 0.3) is 0 Å². The zero-order chi connectivity index (χ0) is 15.0. The Bertz CT molecular complexity index is 658. The largest absolute Gasteiger partial charge is 0.399 e. The fraction of sp³-hybridized carbons (Fsp3) is 0.235. The van der Waals surface area contributed by atoms with E-state index in [-0.39, 0.29) is 11.5 Å². The molecule has 0 aliphatic heterocycles. The third-order valence-corrected chi connectivity index (χ3v) is 3.78. The maximum absolute atomic E-state index is 13.4. The van der Waals surface area contributed by atoms with Gasteiger partial charge in [-0.05, 0) is 68.1 Å². The summed E-state index contributed by atoms with van der Waals surface area (Å²) in [6.45, 7) is 7.77. The third kappa shape index (κ3) is 2.44. The zero-order valence-corrected chi connectivity index (χ0v) is 12.2. The number of halogens is 1. The van der Waals surface area contributed by atoms with Gasteiger partial charge in [-0.3, -0.25) is 4.79 Å². The first kappa shape index (κ1) is 14.3. The van der Waals surface area contributed by atoms with Gasteiger partial charge in [0.15, 0.2) is 5.78 Å². The van der Waals surface area contributed by atoms with Crippen LogP contribution in [0.15, 0.2) is 24.3 Å². The summed E-state index contributed by atoms with van der Waals surface area (Å²) in [7, 11) is 0. The molecule has 3 heteroatoms. The fourth-order valence-corrected chi connectivity index (χ4v) is 2.45. The lowest BCUT2D eigenvalue weighted by molar-refractivity contribution is 0.103. The Morgan fingerprint density at radius 2 is 1.50 bits per heavy atom. The van der Waals surface area contributed by atoms with Crippen LogP contribution in [0.25, 0.3) is 0 Å². The van der Waals surface area contributed by atoms with Crippen LogP contribution in [0.2, 0.25) is 0 Å². The molecule has 0 aromatic heterocycles. The average molecular weight is 271 g/mol. The van der Waals surface area contributed by atoms with Crippen molar-refractivity contribution in [3.63, 3.8) is 0 Å². The summed E-state index contributed by atoms with van der Waals surface area (Å²) in [6.07, 6.45) is 0. The van der Waals surface area contributed by atoms with E-state index in [0.717, 1.165) is 22.3 Å². The van der Waals surface area contributed by atoms with Crippen LogP contribution in [0, 0.1) is 33.5 Å². The summed E-state index contributed by atoms with van der Waals surface area (Å²) in [5.41, 5.74) is 10.8. The van der Waals surface area contributed by atoms with Crippen molar-refractivity contribution in [2.75, 3.05) is 5.73 Å². The highest BCUT2D eigenvalue weighted by Gasteiger charge is 2.18.